The van der Waals surface area contributed by atoms with Crippen molar-refractivity contribution in [3.8, 4) is 0 Å². The third kappa shape index (κ3) is 4.82. The minimum atomic E-state index is -1.99. The van der Waals surface area contributed by atoms with E-state index in [9.17, 15) is 0 Å². The van der Waals surface area contributed by atoms with Crippen molar-refractivity contribution in [3.63, 3.8) is 0 Å². The lowest BCUT2D eigenvalue weighted by atomic mass is 10.3. The van der Waals surface area contributed by atoms with Crippen molar-refractivity contribution < 1.29 is 0 Å². The number of para-hydroxylation sites is 1. The van der Waals surface area contributed by atoms with Crippen molar-refractivity contribution in [2.75, 3.05) is 5.43 Å². The summed E-state index contributed by atoms with van der Waals surface area (Å²) < 4.78 is 0. The second-order valence-corrected chi connectivity index (χ2v) is 10.6. The normalized spacial score (nSPS) is 12.1. The van der Waals surface area contributed by atoms with Gasteiger partial charge in [0.1, 0.15) is 23.2 Å². The summed E-state index contributed by atoms with van der Waals surface area (Å²) in [4.78, 5) is 0. The van der Waals surface area contributed by atoms with Gasteiger partial charge < -0.3 is 0 Å². The van der Waals surface area contributed by atoms with Crippen molar-refractivity contribution in [2.24, 2.45) is 5.10 Å². The van der Waals surface area contributed by atoms with Gasteiger partial charge in [0.25, 0.3) is 0 Å². The van der Waals surface area contributed by atoms with E-state index < -0.39 is 7.26 Å². The van der Waals surface area contributed by atoms with E-state index in [0.29, 0.717) is 0 Å². The Kier molecular flexibility index (Phi) is 6.72. The molecule has 0 bridgehead atoms. The molecule has 0 unspecified atom stereocenters. The molecule has 0 atom stereocenters. The first-order chi connectivity index (χ1) is 15.3. The predicted molar refractivity (Wildman–Crippen MR) is 137 cm³/mol. The number of hydrogen-bond acceptors (Lipinski definition) is 2. The van der Waals surface area contributed by atoms with Gasteiger partial charge >= 0.3 is 0 Å². The smallest absolute Gasteiger partial charge is 0.137 e. The Morgan fingerprint density at radius 1 is 0.613 bits per heavy atom. The summed E-state index contributed by atoms with van der Waals surface area (Å²) in [5.74, 6) is 2.37. The first-order valence-corrected chi connectivity index (χ1v) is 12.2. The zero-order valence-electron chi connectivity index (χ0n) is 17.6. The molecule has 0 aliphatic heterocycles. The van der Waals surface area contributed by atoms with Gasteiger partial charge in [-0.25, -0.2) is 0 Å². The predicted octanol–water partition coefficient (Wildman–Crippen LogP) is 5.98. The van der Waals surface area contributed by atoms with E-state index in [-0.39, 0.29) is 0 Å². The van der Waals surface area contributed by atoms with Crippen LogP contribution in [0, 0.1) is 0 Å². The number of benzene rings is 4. The topological polar surface area (TPSA) is 24.4 Å². The van der Waals surface area contributed by atoms with Gasteiger partial charge in [0, 0.05) is 0 Å². The minimum Gasteiger partial charge on any atom is -0.278 e. The Balaban J connectivity index is 1.81. The van der Waals surface area contributed by atoms with E-state index >= 15 is 0 Å². The second-order valence-electron chi connectivity index (χ2n) is 7.28. The van der Waals surface area contributed by atoms with Crippen LogP contribution in [0.25, 0.3) is 0 Å². The lowest BCUT2D eigenvalue weighted by Gasteiger charge is -2.24. The van der Waals surface area contributed by atoms with Crippen LogP contribution < -0.4 is 21.3 Å². The fourth-order valence-corrected chi connectivity index (χ4v) is 7.39. The van der Waals surface area contributed by atoms with Crippen LogP contribution in [0.15, 0.2) is 138 Å². The molecule has 1 N–H and O–H groups in total. The number of anilines is 1. The highest BCUT2D eigenvalue weighted by Crippen LogP contribution is 2.56. The van der Waals surface area contributed by atoms with Crippen LogP contribution in [0.3, 0.4) is 0 Å². The molecule has 0 saturated carbocycles. The van der Waals surface area contributed by atoms with Crippen LogP contribution in [0.1, 0.15) is 6.92 Å². The largest absolute Gasteiger partial charge is 0.278 e. The molecule has 0 aromatic heterocycles. The zero-order valence-corrected chi connectivity index (χ0v) is 18.5. The molecule has 0 amide bonds. The highest BCUT2D eigenvalue weighted by Gasteiger charge is 2.43. The summed E-state index contributed by atoms with van der Waals surface area (Å²) in [6.45, 7) is 2.03. The van der Waals surface area contributed by atoms with E-state index in [2.05, 4.69) is 113 Å². The highest BCUT2D eigenvalue weighted by molar-refractivity contribution is 7.98. The second kappa shape index (κ2) is 10.0. The SMILES string of the molecule is CC(C=C[P+](c1ccccc1)(c1ccccc1)c1ccccc1)=NNc1ccccc1. The van der Waals surface area contributed by atoms with Crippen molar-refractivity contribution in [1.29, 1.82) is 0 Å². The molecule has 0 aliphatic rings. The fraction of sp³-hybridized carbons (Fsp3) is 0.0357. The third-order valence-electron chi connectivity index (χ3n) is 5.16. The first-order valence-electron chi connectivity index (χ1n) is 10.4. The molecule has 4 rings (SSSR count). The van der Waals surface area contributed by atoms with Gasteiger partial charge in [0.15, 0.2) is 0 Å². The van der Waals surface area contributed by atoms with E-state index in [1.165, 1.54) is 15.9 Å². The monoisotopic (exact) mass is 421 g/mol. The molecular weight excluding hydrogens is 395 g/mol. The van der Waals surface area contributed by atoms with Crippen molar-refractivity contribution in [2.45, 2.75) is 6.92 Å². The molecule has 31 heavy (non-hydrogen) atoms. The van der Waals surface area contributed by atoms with Crippen molar-refractivity contribution in [3.05, 3.63) is 133 Å². The highest BCUT2D eigenvalue weighted by atomic mass is 31.2. The fourth-order valence-electron chi connectivity index (χ4n) is 3.62. The van der Waals surface area contributed by atoms with Crippen molar-refractivity contribution in [1.82, 2.24) is 0 Å². The molecule has 0 fully saturated rings. The van der Waals surface area contributed by atoms with Gasteiger partial charge in [0.2, 0.25) is 0 Å². The first kappa shape index (κ1) is 20.8. The molecule has 0 saturated heterocycles. The Labute approximate surface area is 185 Å². The van der Waals surface area contributed by atoms with Crippen molar-refractivity contribution >= 4 is 34.6 Å². The Hall–Kier alpha value is -3.48. The van der Waals surface area contributed by atoms with Crippen LogP contribution >= 0.6 is 7.26 Å². The summed E-state index contributed by atoms with van der Waals surface area (Å²) in [7, 11) is -1.99. The van der Waals surface area contributed by atoms with Crippen LogP contribution in [-0.2, 0) is 0 Å². The van der Waals surface area contributed by atoms with E-state index in [4.69, 9.17) is 0 Å². The zero-order chi connectivity index (χ0) is 21.4. The summed E-state index contributed by atoms with van der Waals surface area (Å²) in [5, 5.41) is 8.56. The molecule has 0 radical (unpaired) electrons. The molecule has 152 valence electrons. The molecular formula is C28H26N2P+. The average molecular weight is 422 g/mol. The quantitative estimate of drug-likeness (QED) is 0.221. The molecule has 4 aromatic carbocycles. The average Bonchev–Trinajstić information content (AvgIpc) is 2.86. The maximum absolute atomic E-state index is 4.58. The summed E-state index contributed by atoms with van der Waals surface area (Å²) >= 11 is 0. The molecule has 2 nitrogen and oxygen atoms in total. The van der Waals surface area contributed by atoms with Crippen LogP contribution in [0.4, 0.5) is 5.69 Å². The maximum Gasteiger partial charge on any atom is 0.137 e. The van der Waals surface area contributed by atoms with Crippen LogP contribution in [-0.4, -0.2) is 5.71 Å². The molecule has 0 aliphatic carbocycles. The van der Waals surface area contributed by atoms with E-state index in [1.54, 1.807) is 0 Å². The number of hydrogen-bond donors (Lipinski definition) is 1. The molecule has 4 aromatic rings. The lowest BCUT2D eigenvalue weighted by molar-refractivity contribution is 1.33. The van der Waals surface area contributed by atoms with Gasteiger partial charge in [-0.1, -0.05) is 72.8 Å². The molecule has 0 spiro atoms. The van der Waals surface area contributed by atoms with E-state index in [1.807, 2.05) is 37.3 Å². The molecule has 0 heterocycles. The third-order valence-corrected chi connectivity index (χ3v) is 9.10. The van der Waals surface area contributed by atoms with Crippen LogP contribution in [0.5, 0.6) is 0 Å². The standard InChI is InChI=1S/C28H26N2P/c1-24(29-30-25-14-6-2-7-15-25)22-23-31(26-16-8-3-9-17-26,27-18-10-4-11-19-27)28-20-12-5-13-21-28/h2-23,30H,1H3/q+1. The van der Waals surface area contributed by atoms with E-state index in [0.717, 1.165) is 11.4 Å². The van der Waals surface area contributed by atoms with Gasteiger partial charge in [0.05, 0.1) is 17.2 Å². The molecule has 3 heteroatoms. The number of nitrogens with one attached hydrogen (secondary N) is 1. The van der Waals surface area contributed by atoms with Gasteiger partial charge in [-0.2, -0.15) is 5.10 Å². The number of hydrazone groups is 1. The lowest BCUT2D eigenvalue weighted by Crippen LogP contribution is -2.29. The van der Waals surface area contributed by atoms with Crippen LogP contribution in [0.2, 0.25) is 0 Å². The Morgan fingerprint density at radius 3 is 1.42 bits per heavy atom. The Bertz CT molecular complexity index is 1040. The van der Waals surface area contributed by atoms with Gasteiger partial charge in [-0.3, -0.25) is 5.43 Å². The number of rotatable bonds is 7. The number of nitrogens with zero attached hydrogens (tertiary/aromatic N) is 1. The summed E-state index contributed by atoms with van der Waals surface area (Å²) in [6.07, 6.45) is 2.15. The Morgan fingerprint density at radius 2 is 1.00 bits per heavy atom. The number of allylic oxidation sites excluding steroid dienone is 1. The summed E-state index contributed by atoms with van der Waals surface area (Å²) in [5.41, 5.74) is 5.05. The summed E-state index contributed by atoms with van der Waals surface area (Å²) in [6, 6.07) is 42.5. The minimum absolute atomic E-state index is 0.927. The van der Waals surface area contributed by atoms with Gasteiger partial charge in [-0.15, -0.1) is 0 Å². The van der Waals surface area contributed by atoms with Gasteiger partial charge in [-0.05, 0) is 61.5 Å². The maximum atomic E-state index is 4.58.